The molecule has 2 amide bonds. The van der Waals surface area contributed by atoms with Gasteiger partial charge in [-0.1, -0.05) is 24.3 Å². The number of hydrogen-bond donors (Lipinski definition) is 2. The lowest BCUT2D eigenvalue weighted by Crippen LogP contribution is -2.33. The maximum absolute atomic E-state index is 12.2. The molecule has 0 saturated carbocycles. The van der Waals surface area contributed by atoms with Gasteiger partial charge in [0.05, 0.1) is 10.2 Å². The van der Waals surface area contributed by atoms with Crippen molar-refractivity contribution in [2.45, 2.75) is 39.2 Å². The summed E-state index contributed by atoms with van der Waals surface area (Å²) in [5.74, 6) is -0.0996. The van der Waals surface area contributed by atoms with Crippen LogP contribution in [0.25, 0.3) is 20.8 Å². The number of aromatic nitrogens is 1. The van der Waals surface area contributed by atoms with Crippen LogP contribution in [0.3, 0.4) is 0 Å². The number of rotatable bonds is 6. The quantitative estimate of drug-likeness (QED) is 0.546. The van der Waals surface area contributed by atoms with Crippen molar-refractivity contribution in [1.82, 2.24) is 10.3 Å². The first-order valence-corrected chi connectivity index (χ1v) is 10.3. The predicted octanol–water partition coefficient (Wildman–Crippen LogP) is 5.21. The summed E-state index contributed by atoms with van der Waals surface area (Å²) in [4.78, 5) is 28.5. The number of anilines is 1. The molecule has 2 aromatic carbocycles. The number of alkyl carbamates (subject to hydrolysis) is 1. The van der Waals surface area contributed by atoms with Gasteiger partial charge in [0.15, 0.2) is 0 Å². The zero-order valence-electron chi connectivity index (χ0n) is 16.8. The fourth-order valence-electron chi connectivity index (χ4n) is 2.70. The van der Waals surface area contributed by atoms with Crippen LogP contribution in [0.2, 0.25) is 0 Å². The van der Waals surface area contributed by atoms with Gasteiger partial charge in [0.1, 0.15) is 10.6 Å². The number of carbonyl (C=O) groups excluding carboxylic acids is 2. The summed E-state index contributed by atoms with van der Waals surface area (Å²) in [6.07, 6.45) is 0.366. The van der Waals surface area contributed by atoms with Gasteiger partial charge in [-0.2, -0.15) is 0 Å². The topological polar surface area (TPSA) is 80.3 Å². The number of para-hydroxylation sites is 1. The van der Waals surface area contributed by atoms with Gasteiger partial charge in [-0.3, -0.25) is 4.79 Å². The van der Waals surface area contributed by atoms with Gasteiger partial charge in [-0.15, -0.1) is 11.3 Å². The molecule has 0 aliphatic heterocycles. The van der Waals surface area contributed by atoms with E-state index in [-0.39, 0.29) is 5.91 Å². The molecule has 7 heteroatoms. The molecule has 0 saturated heterocycles. The van der Waals surface area contributed by atoms with Gasteiger partial charge in [-0.05, 0) is 51.5 Å². The largest absolute Gasteiger partial charge is 0.444 e. The minimum Gasteiger partial charge on any atom is -0.444 e. The maximum atomic E-state index is 12.2. The van der Waals surface area contributed by atoms with Crippen LogP contribution in [0.15, 0.2) is 48.5 Å². The second-order valence-corrected chi connectivity index (χ2v) is 8.68. The summed E-state index contributed by atoms with van der Waals surface area (Å²) in [7, 11) is 0. The Morgan fingerprint density at radius 2 is 1.90 bits per heavy atom. The molecule has 0 aliphatic carbocycles. The zero-order chi connectivity index (χ0) is 20.9. The number of thiazole rings is 1. The van der Waals surface area contributed by atoms with E-state index in [4.69, 9.17) is 4.74 Å². The average molecular weight is 412 g/mol. The van der Waals surface area contributed by atoms with Crippen LogP contribution >= 0.6 is 11.3 Å². The lowest BCUT2D eigenvalue weighted by molar-refractivity contribution is -0.116. The minimum atomic E-state index is -0.532. The molecule has 0 atom stereocenters. The van der Waals surface area contributed by atoms with Crippen molar-refractivity contribution in [1.29, 1.82) is 0 Å². The molecule has 29 heavy (non-hydrogen) atoms. The van der Waals surface area contributed by atoms with Crippen molar-refractivity contribution >= 4 is 39.2 Å². The molecule has 0 spiro atoms. The molecule has 6 nitrogen and oxygen atoms in total. The van der Waals surface area contributed by atoms with Crippen LogP contribution in [-0.2, 0) is 9.53 Å². The molecule has 0 aliphatic rings. The van der Waals surface area contributed by atoms with Crippen molar-refractivity contribution in [2.75, 3.05) is 11.9 Å². The highest BCUT2D eigenvalue weighted by Gasteiger charge is 2.15. The molecule has 2 N–H and O–H groups in total. The Labute approximate surface area is 174 Å². The highest BCUT2D eigenvalue weighted by Crippen LogP contribution is 2.31. The molecule has 0 fully saturated rings. The van der Waals surface area contributed by atoms with E-state index >= 15 is 0 Å². The zero-order valence-corrected chi connectivity index (χ0v) is 17.6. The number of nitrogens with zero attached hydrogens (tertiary/aromatic N) is 1. The van der Waals surface area contributed by atoms with Gasteiger partial charge in [-0.25, -0.2) is 9.78 Å². The monoisotopic (exact) mass is 411 g/mol. The van der Waals surface area contributed by atoms with Crippen molar-refractivity contribution in [3.05, 3.63) is 48.5 Å². The smallest absolute Gasteiger partial charge is 0.407 e. The fourth-order valence-corrected chi connectivity index (χ4v) is 3.66. The fraction of sp³-hybridized carbons (Fsp3) is 0.318. The van der Waals surface area contributed by atoms with E-state index in [2.05, 4.69) is 15.6 Å². The van der Waals surface area contributed by atoms with Gasteiger partial charge >= 0.3 is 6.09 Å². The standard InChI is InChI=1S/C22H25N3O3S/c1-22(2,3)28-21(27)23-13-7-12-19(26)24-16-9-6-8-15(14-16)20-25-17-10-4-5-11-18(17)29-20/h4-6,8-11,14H,7,12-13H2,1-3H3,(H,23,27)(H,24,26). The third-order valence-corrected chi connectivity index (χ3v) is 5.02. The van der Waals surface area contributed by atoms with E-state index in [1.165, 1.54) is 0 Å². The molecule has 0 radical (unpaired) electrons. The Balaban J connectivity index is 1.51. The van der Waals surface area contributed by atoms with Crippen molar-refractivity contribution in [3.63, 3.8) is 0 Å². The lowest BCUT2D eigenvalue weighted by Gasteiger charge is -2.19. The number of nitrogens with one attached hydrogen (secondary N) is 2. The van der Waals surface area contributed by atoms with E-state index < -0.39 is 11.7 Å². The molecular weight excluding hydrogens is 386 g/mol. The van der Waals surface area contributed by atoms with E-state index in [1.807, 2.05) is 69.3 Å². The number of fused-ring (bicyclic) bond motifs is 1. The summed E-state index contributed by atoms with van der Waals surface area (Å²) in [6.45, 7) is 5.81. The number of hydrogen-bond acceptors (Lipinski definition) is 5. The van der Waals surface area contributed by atoms with Gasteiger partial charge in [0.2, 0.25) is 5.91 Å². The molecule has 3 aromatic rings. The predicted molar refractivity (Wildman–Crippen MR) is 117 cm³/mol. The molecule has 0 unspecified atom stereocenters. The van der Waals surface area contributed by atoms with Crippen LogP contribution in [0.1, 0.15) is 33.6 Å². The van der Waals surface area contributed by atoms with E-state index in [0.717, 1.165) is 26.5 Å². The Kier molecular flexibility index (Phi) is 6.49. The molecular formula is C22H25N3O3S. The highest BCUT2D eigenvalue weighted by molar-refractivity contribution is 7.21. The summed E-state index contributed by atoms with van der Waals surface area (Å²) in [5.41, 5.74) is 2.14. The Morgan fingerprint density at radius 1 is 1.10 bits per heavy atom. The molecule has 0 bridgehead atoms. The third kappa shape index (κ3) is 6.29. The third-order valence-electron chi connectivity index (χ3n) is 3.94. The molecule has 1 heterocycles. The van der Waals surface area contributed by atoms with Crippen molar-refractivity contribution < 1.29 is 14.3 Å². The van der Waals surface area contributed by atoms with E-state index in [0.29, 0.717) is 19.4 Å². The first-order valence-electron chi connectivity index (χ1n) is 9.53. The van der Waals surface area contributed by atoms with Crippen LogP contribution < -0.4 is 10.6 Å². The van der Waals surface area contributed by atoms with Gasteiger partial charge in [0.25, 0.3) is 0 Å². The van der Waals surface area contributed by atoms with Crippen LogP contribution in [0.4, 0.5) is 10.5 Å². The normalized spacial score (nSPS) is 11.3. The Bertz CT molecular complexity index is 975. The van der Waals surface area contributed by atoms with E-state index in [1.54, 1.807) is 11.3 Å². The summed E-state index contributed by atoms with van der Waals surface area (Å²) in [6, 6.07) is 15.7. The highest BCUT2D eigenvalue weighted by atomic mass is 32.1. The first kappa shape index (κ1) is 20.8. The van der Waals surface area contributed by atoms with Gasteiger partial charge < -0.3 is 15.4 Å². The minimum absolute atomic E-state index is 0.0996. The van der Waals surface area contributed by atoms with Crippen LogP contribution in [-0.4, -0.2) is 29.1 Å². The maximum Gasteiger partial charge on any atom is 0.407 e. The number of ether oxygens (including phenoxy) is 1. The summed E-state index contributed by atoms with van der Waals surface area (Å²) >= 11 is 1.63. The SMILES string of the molecule is CC(C)(C)OC(=O)NCCCC(=O)Nc1cccc(-c2nc3ccccc3s2)c1. The number of carbonyl (C=O) groups is 2. The number of amides is 2. The van der Waals surface area contributed by atoms with Gasteiger partial charge in [0, 0.05) is 24.2 Å². The molecule has 1 aromatic heterocycles. The summed E-state index contributed by atoms with van der Waals surface area (Å²) < 4.78 is 6.30. The second kappa shape index (κ2) is 9.05. The Morgan fingerprint density at radius 3 is 2.66 bits per heavy atom. The molecule has 3 rings (SSSR count). The average Bonchev–Trinajstić information content (AvgIpc) is 3.08. The van der Waals surface area contributed by atoms with E-state index in [9.17, 15) is 9.59 Å². The molecule has 152 valence electrons. The first-order chi connectivity index (χ1) is 13.8. The Hall–Kier alpha value is -2.93. The van der Waals surface area contributed by atoms with Crippen molar-refractivity contribution in [2.24, 2.45) is 0 Å². The van der Waals surface area contributed by atoms with Crippen LogP contribution in [0.5, 0.6) is 0 Å². The number of benzene rings is 2. The summed E-state index contributed by atoms with van der Waals surface area (Å²) in [5, 5.41) is 6.48. The second-order valence-electron chi connectivity index (χ2n) is 7.65. The lowest BCUT2D eigenvalue weighted by atomic mass is 10.2. The van der Waals surface area contributed by atoms with Crippen LogP contribution in [0, 0.1) is 0 Å². The van der Waals surface area contributed by atoms with Crippen molar-refractivity contribution in [3.8, 4) is 10.6 Å².